The molecule has 1 fully saturated rings. The molecule has 0 spiro atoms. The largest absolute Gasteiger partial charge is 0.345 e. The van der Waals surface area contributed by atoms with E-state index in [1.165, 1.54) is 0 Å². The molecule has 2 rings (SSSR count). The van der Waals surface area contributed by atoms with Gasteiger partial charge in [0.25, 0.3) is 0 Å². The summed E-state index contributed by atoms with van der Waals surface area (Å²) in [6.07, 6.45) is 0.921. The molecule has 1 saturated heterocycles. The smallest absolute Gasteiger partial charge is 0.184 e. The van der Waals surface area contributed by atoms with Gasteiger partial charge in [-0.05, 0) is 32.9 Å². The van der Waals surface area contributed by atoms with Gasteiger partial charge in [-0.3, -0.25) is 0 Å². The van der Waals surface area contributed by atoms with Gasteiger partial charge in [-0.2, -0.15) is 0 Å². The molecule has 16 heavy (non-hydrogen) atoms. The van der Waals surface area contributed by atoms with Crippen LogP contribution < -0.4 is 0 Å². The summed E-state index contributed by atoms with van der Waals surface area (Å²) in [4.78, 5) is 0. The maximum absolute atomic E-state index is 5.93. The van der Waals surface area contributed by atoms with Crippen molar-refractivity contribution in [2.75, 3.05) is 0 Å². The maximum atomic E-state index is 5.93. The quantitative estimate of drug-likeness (QED) is 0.775. The number of halogens is 1. The lowest BCUT2D eigenvalue weighted by molar-refractivity contribution is -0.273. The minimum absolute atomic E-state index is 0.116. The number of benzene rings is 1. The second-order valence-electron chi connectivity index (χ2n) is 4.91. The standard InChI is InChI=1S/C13H17BrO2/c1-9-8-13(2,3)16-12(15-9)10-4-6-11(14)7-5-10/h4-7,9,12H,8H2,1-3H3/t9-,12-/m0/s1. The van der Waals surface area contributed by atoms with Crippen molar-refractivity contribution >= 4 is 15.9 Å². The van der Waals surface area contributed by atoms with E-state index in [0.717, 1.165) is 16.5 Å². The fraction of sp³-hybridized carbons (Fsp3) is 0.538. The van der Waals surface area contributed by atoms with Crippen LogP contribution in [0.3, 0.4) is 0 Å². The number of hydrogen-bond acceptors (Lipinski definition) is 2. The first kappa shape index (κ1) is 12.1. The third-order valence-corrected chi connectivity index (χ3v) is 3.23. The summed E-state index contributed by atoms with van der Waals surface area (Å²) in [6, 6.07) is 8.08. The molecule has 0 radical (unpaired) electrons. The second-order valence-corrected chi connectivity index (χ2v) is 5.83. The van der Waals surface area contributed by atoms with Crippen molar-refractivity contribution < 1.29 is 9.47 Å². The van der Waals surface area contributed by atoms with Crippen LogP contribution in [0.4, 0.5) is 0 Å². The van der Waals surface area contributed by atoms with E-state index in [-0.39, 0.29) is 18.0 Å². The van der Waals surface area contributed by atoms with Crippen molar-refractivity contribution in [3.63, 3.8) is 0 Å². The molecular weight excluding hydrogens is 268 g/mol. The van der Waals surface area contributed by atoms with Crippen LogP contribution in [-0.4, -0.2) is 11.7 Å². The zero-order valence-electron chi connectivity index (χ0n) is 9.87. The molecule has 0 bridgehead atoms. The van der Waals surface area contributed by atoms with E-state index in [9.17, 15) is 0 Å². The molecule has 2 atom stereocenters. The van der Waals surface area contributed by atoms with Gasteiger partial charge in [-0.15, -0.1) is 0 Å². The molecule has 0 aliphatic carbocycles. The van der Waals surface area contributed by atoms with Crippen LogP contribution in [0.1, 0.15) is 39.0 Å². The molecule has 0 saturated carbocycles. The van der Waals surface area contributed by atoms with Crippen LogP contribution in [0.25, 0.3) is 0 Å². The molecule has 0 N–H and O–H groups in total. The average Bonchev–Trinajstić information content (AvgIpc) is 2.15. The molecule has 1 heterocycles. The summed E-state index contributed by atoms with van der Waals surface area (Å²) in [6.45, 7) is 6.31. The summed E-state index contributed by atoms with van der Waals surface area (Å²) >= 11 is 3.42. The predicted octanol–water partition coefficient (Wildman–Crippen LogP) is 4.05. The van der Waals surface area contributed by atoms with Crippen LogP contribution in [0, 0.1) is 0 Å². The first-order valence-corrected chi connectivity index (χ1v) is 6.34. The topological polar surface area (TPSA) is 18.5 Å². The highest BCUT2D eigenvalue weighted by Gasteiger charge is 2.33. The summed E-state index contributed by atoms with van der Waals surface area (Å²) in [7, 11) is 0. The van der Waals surface area contributed by atoms with Gasteiger partial charge in [0.2, 0.25) is 0 Å². The summed E-state index contributed by atoms with van der Waals surface area (Å²) in [5, 5.41) is 0. The zero-order valence-corrected chi connectivity index (χ0v) is 11.5. The SMILES string of the molecule is C[C@H]1CC(C)(C)O[C@@H](c2ccc(Br)cc2)O1. The fourth-order valence-corrected chi connectivity index (χ4v) is 2.35. The van der Waals surface area contributed by atoms with Gasteiger partial charge in [0.15, 0.2) is 6.29 Å². The molecule has 0 amide bonds. The monoisotopic (exact) mass is 284 g/mol. The molecule has 88 valence electrons. The first-order valence-electron chi connectivity index (χ1n) is 5.55. The molecule has 0 aromatic heterocycles. The van der Waals surface area contributed by atoms with Gasteiger partial charge in [-0.25, -0.2) is 0 Å². The second kappa shape index (κ2) is 4.47. The first-order chi connectivity index (χ1) is 7.46. The van der Waals surface area contributed by atoms with E-state index in [4.69, 9.17) is 9.47 Å². The van der Waals surface area contributed by atoms with Crippen molar-refractivity contribution in [2.24, 2.45) is 0 Å². The normalized spacial score (nSPS) is 29.0. The molecule has 1 aromatic rings. The Morgan fingerprint density at radius 3 is 2.44 bits per heavy atom. The van der Waals surface area contributed by atoms with Crippen LogP contribution in [0.5, 0.6) is 0 Å². The Morgan fingerprint density at radius 1 is 1.25 bits per heavy atom. The van der Waals surface area contributed by atoms with Crippen LogP contribution in [0.15, 0.2) is 28.7 Å². The number of rotatable bonds is 1. The average molecular weight is 285 g/mol. The van der Waals surface area contributed by atoms with Gasteiger partial charge in [-0.1, -0.05) is 28.1 Å². The van der Waals surface area contributed by atoms with Crippen LogP contribution >= 0.6 is 15.9 Å². The molecule has 2 nitrogen and oxygen atoms in total. The third-order valence-electron chi connectivity index (χ3n) is 2.70. The van der Waals surface area contributed by atoms with E-state index in [1.807, 2.05) is 24.3 Å². The van der Waals surface area contributed by atoms with Crippen LogP contribution in [0.2, 0.25) is 0 Å². The molecule has 1 aromatic carbocycles. The lowest BCUT2D eigenvalue weighted by atomic mass is 9.99. The van der Waals surface area contributed by atoms with Gasteiger partial charge in [0, 0.05) is 16.5 Å². The lowest BCUT2D eigenvalue weighted by Crippen LogP contribution is -2.38. The van der Waals surface area contributed by atoms with Gasteiger partial charge in [0.1, 0.15) is 0 Å². The highest BCUT2D eigenvalue weighted by atomic mass is 79.9. The van der Waals surface area contributed by atoms with Gasteiger partial charge >= 0.3 is 0 Å². The summed E-state index contributed by atoms with van der Waals surface area (Å²) in [5.41, 5.74) is 0.956. The number of ether oxygens (including phenoxy) is 2. The van der Waals surface area contributed by atoms with Gasteiger partial charge in [0.05, 0.1) is 11.7 Å². The highest BCUT2D eigenvalue weighted by molar-refractivity contribution is 9.10. The molecule has 1 aliphatic heterocycles. The Kier molecular flexibility index (Phi) is 3.38. The van der Waals surface area contributed by atoms with Crippen molar-refractivity contribution in [3.8, 4) is 0 Å². The van der Waals surface area contributed by atoms with E-state index in [1.54, 1.807) is 0 Å². The zero-order chi connectivity index (χ0) is 11.8. The minimum Gasteiger partial charge on any atom is -0.345 e. The summed E-state index contributed by atoms with van der Waals surface area (Å²) < 4.78 is 12.8. The Morgan fingerprint density at radius 2 is 1.88 bits per heavy atom. The minimum atomic E-state index is -0.244. The van der Waals surface area contributed by atoms with E-state index < -0.39 is 0 Å². The number of hydrogen-bond donors (Lipinski definition) is 0. The Labute approximate surface area is 105 Å². The Hall–Kier alpha value is -0.380. The lowest BCUT2D eigenvalue weighted by Gasteiger charge is -2.39. The maximum Gasteiger partial charge on any atom is 0.184 e. The van der Waals surface area contributed by atoms with E-state index in [2.05, 4.69) is 36.7 Å². The highest BCUT2D eigenvalue weighted by Crippen LogP contribution is 2.35. The van der Waals surface area contributed by atoms with Crippen molar-refractivity contribution in [3.05, 3.63) is 34.3 Å². The molecule has 1 aliphatic rings. The Balaban J connectivity index is 2.17. The van der Waals surface area contributed by atoms with Crippen LogP contribution in [-0.2, 0) is 9.47 Å². The van der Waals surface area contributed by atoms with E-state index >= 15 is 0 Å². The van der Waals surface area contributed by atoms with E-state index in [0.29, 0.717) is 0 Å². The predicted molar refractivity (Wildman–Crippen MR) is 67.2 cm³/mol. The van der Waals surface area contributed by atoms with Crippen molar-refractivity contribution in [1.82, 2.24) is 0 Å². The van der Waals surface area contributed by atoms with Crippen molar-refractivity contribution in [1.29, 1.82) is 0 Å². The van der Waals surface area contributed by atoms with Gasteiger partial charge < -0.3 is 9.47 Å². The molecular formula is C13H17BrO2. The Bertz CT molecular complexity index is 359. The fourth-order valence-electron chi connectivity index (χ4n) is 2.08. The molecule has 3 heteroatoms. The van der Waals surface area contributed by atoms with Crippen molar-refractivity contribution in [2.45, 2.75) is 45.2 Å². The summed E-state index contributed by atoms with van der Waals surface area (Å²) in [5.74, 6) is 0. The third kappa shape index (κ3) is 2.84. The molecule has 0 unspecified atom stereocenters.